The summed E-state index contributed by atoms with van der Waals surface area (Å²) < 4.78 is 0. The topological polar surface area (TPSA) is 0 Å². The van der Waals surface area contributed by atoms with Crippen LogP contribution in [0.15, 0.2) is 24.3 Å². The van der Waals surface area contributed by atoms with Crippen molar-refractivity contribution in [3.8, 4) is 11.8 Å². The van der Waals surface area contributed by atoms with Crippen LogP contribution in [-0.4, -0.2) is 5.88 Å². The summed E-state index contributed by atoms with van der Waals surface area (Å²) in [6.07, 6.45) is 1.82. The molecule has 1 aromatic carbocycles. The smallest absolute Gasteiger partial charge is 0.0333 e. The lowest BCUT2D eigenvalue weighted by molar-refractivity contribution is 1.14. The molecule has 0 saturated carbocycles. The molecule has 1 heteroatoms. The van der Waals surface area contributed by atoms with Crippen LogP contribution in [0.25, 0.3) is 0 Å². The number of benzene rings is 1. The lowest BCUT2D eigenvalue weighted by Gasteiger charge is -1.95. The number of halogens is 1. The highest BCUT2D eigenvalue weighted by Crippen LogP contribution is 2.04. The van der Waals surface area contributed by atoms with Crippen LogP contribution in [0.3, 0.4) is 0 Å². The fourth-order valence-corrected chi connectivity index (χ4v) is 1.18. The van der Waals surface area contributed by atoms with Crippen LogP contribution in [-0.2, 0) is 6.42 Å². The third-order valence-corrected chi connectivity index (χ3v) is 1.98. The summed E-state index contributed by atoms with van der Waals surface area (Å²) in [5.41, 5.74) is 2.42. The quantitative estimate of drug-likeness (QED) is 0.499. The molecule has 0 heterocycles. The Bertz CT molecular complexity index is 317. The lowest BCUT2D eigenvalue weighted by Crippen LogP contribution is -1.81. The molecule has 1 rings (SSSR count). The Morgan fingerprint density at radius 3 is 2.92 bits per heavy atom. The molecule has 0 aromatic heterocycles. The first-order valence-corrected chi connectivity index (χ1v) is 5.04. The standard InChI is InChI=1S/C12H13Cl/c1-2-11-7-5-8-12(10-11)6-3-4-9-13/h5,7-8,10H,2,4,9H2,1H3. The van der Waals surface area contributed by atoms with Gasteiger partial charge in [0.1, 0.15) is 0 Å². The molecule has 0 saturated heterocycles. The third-order valence-electron chi connectivity index (χ3n) is 1.79. The zero-order valence-corrected chi connectivity index (χ0v) is 8.56. The summed E-state index contributed by atoms with van der Waals surface area (Å²) in [5.74, 6) is 6.72. The van der Waals surface area contributed by atoms with Gasteiger partial charge < -0.3 is 0 Å². The molecule has 0 aliphatic carbocycles. The summed E-state index contributed by atoms with van der Waals surface area (Å²) in [5, 5.41) is 0. The van der Waals surface area contributed by atoms with Crippen molar-refractivity contribution in [1.82, 2.24) is 0 Å². The molecule has 0 aliphatic rings. The summed E-state index contributed by atoms with van der Waals surface area (Å²) >= 11 is 5.52. The normalized spacial score (nSPS) is 9.08. The molecule has 68 valence electrons. The van der Waals surface area contributed by atoms with Crippen molar-refractivity contribution in [3.63, 3.8) is 0 Å². The van der Waals surface area contributed by atoms with E-state index < -0.39 is 0 Å². The molecule has 1 aromatic rings. The molecule has 0 radical (unpaired) electrons. The van der Waals surface area contributed by atoms with E-state index in [1.54, 1.807) is 0 Å². The maximum absolute atomic E-state index is 5.52. The fraction of sp³-hybridized carbons (Fsp3) is 0.333. The minimum atomic E-state index is 0.612. The van der Waals surface area contributed by atoms with Gasteiger partial charge in [-0.15, -0.1) is 11.6 Å². The van der Waals surface area contributed by atoms with Gasteiger partial charge in [-0.25, -0.2) is 0 Å². The van der Waals surface area contributed by atoms with Gasteiger partial charge in [0.05, 0.1) is 0 Å². The van der Waals surface area contributed by atoms with Gasteiger partial charge in [0.2, 0.25) is 0 Å². The van der Waals surface area contributed by atoms with E-state index in [-0.39, 0.29) is 0 Å². The average Bonchev–Trinajstić information content (AvgIpc) is 2.19. The highest BCUT2D eigenvalue weighted by molar-refractivity contribution is 6.18. The van der Waals surface area contributed by atoms with E-state index in [9.17, 15) is 0 Å². The Hall–Kier alpha value is -0.930. The van der Waals surface area contributed by atoms with Gasteiger partial charge >= 0.3 is 0 Å². The van der Waals surface area contributed by atoms with E-state index in [0.29, 0.717) is 5.88 Å². The maximum atomic E-state index is 5.52. The Morgan fingerprint density at radius 1 is 1.38 bits per heavy atom. The van der Waals surface area contributed by atoms with E-state index in [1.165, 1.54) is 5.56 Å². The molecule has 0 spiro atoms. The van der Waals surface area contributed by atoms with Gasteiger partial charge in [0, 0.05) is 17.9 Å². The van der Waals surface area contributed by atoms with E-state index in [1.807, 2.05) is 12.1 Å². The highest BCUT2D eigenvalue weighted by atomic mass is 35.5. The summed E-state index contributed by atoms with van der Waals surface area (Å²) in [4.78, 5) is 0. The van der Waals surface area contributed by atoms with Gasteiger partial charge in [-0.2, -0.15) is 0 Å². The van der Waals surface area contributed by atoms with Crippen molar-refractivity contribution in [2.45, 2.75) is 19.8 Å². The van der Waals surface area contributed by atoms with Crippen LogP contribution in [0.4, 0.5) is 0 Å². The number of alkyl halides is 1. The van der Waals surface area contributed by atoms with Crippen LogP contribution < -0.4 is 0 Å². The van der Waals surface area contributed by atoms with Crippen molar-refractivity contribution in [3.05, 3.63) is 35.4 Å². The van der Waals surface area contributed by atoms with Crippen LogP contribution in [0, 0.1) is 11.8 Å². The molecule has 0 amide bonds. The molecule has 13 heavy (non-hydrogen) atoms. The molecule has 0 atom stereocenters. The van der Waals surface area contributed by atoms with Gasteiger partial charge in [0.15, 0.2) is 0 Å². The Kier molecular flexibility index (Phi) is 4.43. The minimum Gasteiger partial charge on any atom is -0.126 e. The lowest BCUT2D eigenvalue weighted by atomic mass is 10.1. The van der Waals surface area contributed by atoms with Crippen molar-refractivity contribution in [2.75, 3.05) is 5.88 Å². The zero-order chi connectivity index (χ0) is 9.52. The van der Waals surface area contributed by atoms with E-state index in [0.717, 1.165) is 18.4 Å². The third kappa shape index (κ3) is 3.53. The summed E-state index contributed by atoms with van der Waals surface area (Å²) in [6, 6.07) is 8.32. The summed E-state index contributed by atoms with van der Waals surface area (Å²) in [7, 11) is 0. The SMILES string of the molecule is CCc1cccc(C#CCCCl)c1. The van der Waals surface area contributed by atoms with E-state index in [4.69, 9.17) is 11.6 Å². The highest BCUT2D eigenvalue weighted by Gasteiger charge is 1.89. The van der Waals surface area contributed by atoms with Crippen LogP contribution >= 0.6 is 11.6 Å². The average molecular weight is 193 g/mol. The van der Waals surface area contributed by atoms with Crippen molar-refractivity contribution in [2.24, 2.45) is 0 Å². The predicted molar refractivity (Wildman–Crippen MR) is 58.0 cm³/mol. The van der Waals surface area contributed by atoms with Crippen molar-refractivity contribution < 1.29 is 0 Å². The molecule has 0 bridgehead atoms. The largest absolute Gasteiger partial charge is 0.126 e. The fourth-order valence-electron chi connectivity index (χ4n) is 1.08. The minimum absolute atomic E-state index is 0.612. The Balaban J connectivity index is 2.73. The monoisotopic (exact) mass is 192 g/mol. The van der Waals surface area contributed by atoms with Crippen LogP contribution in [0.5, 0.6) is 0 Å². The van der Waals surface area contributed by atoms with Crippen LogP contribution in [0.1, 0.15) is 24.5 Å². The number of rotatable bonds is 2. The van der Waals surface area contributed by atoms with Crippen molar-refractivity contribution in [1.29, 1.82) is 0 Å². The Morgan fingerprint density at radius 2 is 2.23 bits per heavy atom. The molecule has 0 N–H and O–H groups in total. The maximum Gasteiger partial charge on any atom is 0.0333 e. The second-order valence-electron chi connectivity index (χ2n) is 2.79. The molecular weight excluding hydrogens is 180 g/mol. The number of aryl methyl sites for hydroxylation is 1. The van der Waals surface area contributed by atoms with Gasteiger partial charge in [-0.1, -0.05) is 30.9 Å². The first-order chi connectivity index (χ1) is 6.36. The second kappa shape index (κ2) is 5.67. The van der Waals surface area contributed by atoms with Crippen molar-refractivity contribution >= 4 is 11.6 Å². The molecule has 0 nitrogen and oxygen atoms in total. The predicted octanol–water partition coefficient (Wildman–Crippen LogP) is 3.23. The van der Waals surface area contributed by atoms with E-state index >= 15 is 0 Å². The first-order valence-electron chi connectivity index (χ1n) is 4.50. The molecular formula is C12H13Cl. The molecule has 0 unspecified atom stereocenters. The number of hydrogen-bond acceptors (Lipinski definition) is 0. The first kappa shape index (κ1) is 10.2. The molecule has 0 aliphatic heterocycles. The Labute approximate surface area is 84.9 Å². The van der Waals surface area contributed by atoms with Crippen LogP contribution in [0.2, 0.25) is 0 Å². The second-order valence-corrected chi connectivity index (χ2v) is 3.17. The molecule has 0 fully saturated rings. The van der Waals surface area contributed by atoms with Gasteiger partial charge in [-0.05, 0) is 24.1 Å². The van der Waals surface area contributed by atoms with Gasteiger partial charge in [-0.3, -0.25) is 0 Å². The van der Waals surface area contributed by atoms with Gasteiger partial charge in [0.25, 0.3) is 0 Å². The zero-order valence-electron chi connectivity index (χ0n) is 7.81. The number of hydrogen-bond donors (Lipinski definition) is 0. The van der Waals surface area contributed by atoms with E-state index in [2.05, 4.69) is 30.9 Å². The summed E-state index contributed by atoms with van der Waals surface area (Å²) in [6.45, 7) is 2.14.